The summed E-state index contributed by atoms with van der Waals surface area (Å²) in [5, 5.41) is 4.69. The normalized spacial score (nSPS) is 22.4. The molecule has 0 bridgehead atoms. The summed E-state index contributed by atoms with van der Waals surface area (Å²) >= 11 is 0. The van der Waals surface area contributed by atoms with Crippen LogP contribution in [0, 0.1) is 31.6 Å². The summed E-state index contributed by atoms with van der Waals surface area (Å²) in [5.41, 5.74) is 3.86. The first kappa shape index (κ1) is 22.8. The van der Waals surface area contributed by atoms with Crippen molar-refractivity contribution in [1.29, 1.82) is 0 Å². The zero-order valence-electron chi connectivity index (χ0n) is 20.1. The molecule has 4 rings (SSSR count). The molecule has 1 aromatic carbocycles. The number of nitrogens with zero attached hydrogens (tertiary/aromatic N) is 4. The van der Waals surface area contributed by atoms with Crippen LogP contribution in [0.2, 0.25) is 0 Å². The Morgan fingerprint density at radius 3 is 2.47 bits per heavy atom. The Kier molecular flexibility index (Phi) is 7.19. The van der Waals surface area contributed by atoms with E-state index < -0.39 is 0 Å². The number of ether oxygens (including phenoxy) is 1. The van der Waals surface area contributed by atoms with Gasteiger partial charge in [-0.05, 0) is 70.7 Å². The Bertz CT molecular complexity index is 902. The van der Waals surface area contributed by atoms with Crippen molar-refractivity contribution in [2.24, 2.45) is 17.8 Å². The number of benzene rings is 1. The molecule has 174 valence electrons. The molecule has 3 heterocycles. The highest BCUT2D eigenvalue weighted by Gasteiger charge is 2.40. The SMILES string of the molecule is CCn1nc(C)c(CN2CCC([C@@H]3CN(C(C)=O)C[C@H]3COc3ccccc3)CC2)c1C. The van der Waals surface area contributed by atoms with Crippen LogP contribution < -0.4 is 4.74 Å². The topological polar surface area (TPSA) is 50.6 Å². The number of rotatable bonds is 7. The second kappa shape index (κ2) is 10.1. The molecule has 0 saturated carbocycles. The van der Waals surface area contributed by atoms with Crippen LogP contribution in [0.15, 0.2) is 30.3 Å². The fraction of sp³-hybridized carbons (Fsp3) is 0.615. The van der Waals surface area contributed by atoms with Crippen LogP contribution >= 0.6 is 0 Å². The third-order valence-corrected chi connectivity index (χ3v) is 7.59. The average molecular weight is 439 g/mol. The first-order chi connectivity index (χ1) is 15.5. The molecule has 0 spiro atoms. The molecule has 1 amide bonds. The Hall–Kier alpha value is -2.34. The van der Waals surface area contributed by atoms with Gasteiger partial charge in [0, 0.05) is 50.3 Å². The Morgan fingerprint density at radius 2 is 1.84 bits per heavy atom. The van der Waals surface area contributed by atoms with Crippen molar-refractivity contribution in [2.45, 2.75) is 53.6 Å². The Balaban J connectivity index is 1.36. The molecule has 0 unspecified atom stereocenters. The van der Waals surface area contributed by atoms with Gasteiger partial charge in [0.05, 0.1) is 12.3 Å². The molecule has 2 fully saturated rings. The van der Waals surface area contributed by atoms with Crippen LogP contribution in [0.3, 0.4) is 0 Å². The summed E-state index contributed by atoms with van der Waals surface area (Å²) < 4.78 is 8.24. The Morgan fingerprint density at radius 1 is 1.12 bits per heavy atom. The summed E-state index contributed by atoms with van der Waals surface area (Å²) in [6, 6.07) is 10.0. The first-order valence-electron chi connectivity index (χ1n) is 12.1. The number of aryl methyl sites for hydroxylation is 2. The maximum absolute atomic E-state index is 12.1. The van der Waals surface area contributed by atoms with E-state index in [4.69, 9.17) is 9.84 Å². The highest BCUT2D eigenvalue weighted by molar-refractivity contribution is 5.73. The Labute approximate surface area is 192 Å². The van der Waals surface area contributed by atoms with Gasteiger partial charge < -0.3 is 9.64 Å². The number of hydrogen-bond acceptors (Lipinski definition) is 4. The minimum Gasteiger partial charge on any atom is -0.493 e. The maximum atomic E-state index is 12.1. The number of hydrogen-bond donors (Lipinski definition) is 0. The third-order valence-electron chi connectivity index (χ3n) is 7.59. The summed E-state index contributed by atoms with van der Waals surface area (Å²) in [6.07, 6.45) is 2.39. The second-order valence-electron chi connectivity index (χ2n) is 9.55. The summed E-state index contributed by atoms with van der Waals surface area (Å²) in [6.45, 7) is 14.7. The van der Waals surface area contributed by atoms with Gasteiger partial charge in [0.15, 0.2) is 0 Å². The molecular formula is C26H38N4O2. The molecule has 6 heteroatoms. The molecule has 1 aromatic heterocycles. The van der Waals surface area contributed by atoms with Crippen molar-refractivity contribution in [2.75, 3.05) is 32.8 Å². The minimum atomic E-state index is 0.188. The van der Waals surface area contributed by atoms with Gasteiger partial charge in [-0.1, -0.05) is 18.2 Å². The van der Waals surface area contributed by atoms with Gasteiger partial charge in [0.1, 0.15) is 5.75 Å². The standard InChI is InChI=1S/C26H38N4O2/c1-5-30-20(3)25(19(2)27-30)16-28-13-11-22(12-14-28)26-17-29(21(4)31)15-23(26)18-32-24-9-7-6-8-10-24/h6-10,22-23,26H,5,11-18H2,1-4H3/t23-,26-/m0/s1. The molecule has 2 saturated heterocycles. The lowest BCUT2D eigenvalue weighted by atomic mass is 9.78. The number of aromatic nitrogens is 2. The highest BCUT2D eigenvalue weighted by Crippen LogP contribution is 2.36. The van der Waals surface area contributed by atoms with E-state index in [2.05, 4.69) is 30.4 Å². The fourth-order valence-corrected chi connectivity index (χ4v) is 5.62. The van der Waals surface area contributed by atoms with Gasteiger partial charge in [-0.3, -0.25) is 14.4 Å². The number of likely N-dealkylation sites (tertiary alicyclic amines) is 2. The van der Waals surface area contributed by atoms with Gasteiger partial charge in [0.25, 0.3) is 0 Å². The van der Waals surface area contributed by atoms with E-state index in [-0.39, 0.29) is 5.91 Å². The largest absolute Gasteiger partial charge is 0.493 e. The van der Waals surface area contributed by atoms with Crippen molar-refractivity contribution >= 4 is 5.91 Å². The maximum Gasteiger partial charge on any atom is 0.219 e. The van der Waals surface area contributed by atoms with Crippen molar-refractivity contribution in [3.63, 3.8) is 0 Å². The van der Waals surface area contributed by atoms with Gasteiger partial charge in [0.2, 0.25) is 5.91 Å². The lowest BCUT2D eigenvalue weighted by molar-refractivity contribution is -0.128. The van der Waals surface area contributed by atoms with Crippen molar-refractivity contribution in [1.82, 2.24) is 19.6 Å². The second-order valence-corrected chi connectivity index (χ2v) is 9.55. The van der Waals surface area contributed by atoms with E-state index in [1.165, 1.54) is 24.1 Å². The molecule has 0 N–H and O–H groups in total. The van der Waals surface area contributed by atoms with Crippen LogP contribution in [0.1, 0.15) is 43.6 Å². The van der Waals surface area contributed by atoms with Gasteiger partial charge in [-0.15, -0.1) is 0 Å². The number of carbonyl (C=O) groups excluding carboxylic acids is 1. The summed E-state index contributed by atoms with van der Waals surface area (Å²) in [4.78, 5) is 16.7. The summed E-state index contributed by atoms with van der Waals surface area (Å²) in [5.74, 6) is 2.69. The highest BCUT2D eigenvalue weighted by atomic mass is 16.5. The van der Waals surface area contributed by atoms with Gasteiger partial charge >= 0.3 is 0 Å². The smallest absolute Gasteiger partial charge is 0.219 e. The van der Waals surface area contributed by atoms with E-state index in [0.717, 1.165) is 50.7 Å². The lowest BCUT2D eigenvalue weighted by Crippen LogP contribution is -2.38. The molecule has 2 aliphatic heterocycles. The summed E-state index contributed by atoms with van der Waals surface area (Å²) in [7, 11) is 0. The number of para-hydroxylation sites is 1. The van der Waals surface area contributed by atoms with E-state index >= 15 is 0 Å². The van der Waals surface area contributed by atoms with E-state index in [0.29, 0.717) is 24.4 Å². The van der Waals surface area contributed by atoms with Crippen LogP contribution in [0.25, 0.3) is 0 Å². The van der Waals surface area contributed by atoms with Crippen molar-refractivity contribution < 1.29 is 9.53 Å². The van der Waals surface area contributed by atoms with Crippen molar-refractivity contribution in [3.8, 4) is 5.75 Å². The zero-order chi connectivity index (χ0) is 22.7. The molecule has 32 heavy (non-hydrogen) atoms. The predicted octanol–water partition coefficient (Wildman–Crippen LogP) is 3.91. The first-order valence-corrected chi connectivity index (χ1v) is 12.1. The molecule has 2 aliphatic rings. The zero-order valence-corrected chi connectivity index (χ0v) is 20.1. The molecule has 2 atom stereocenters. The van der Waals surface area contributed by atoms with Gasteiger partial charge in [-0.2, -0.15) is 5.10 Å². The number of piperidine rings is 1. The molecule has 2 aromatic rings. The van der Waals surface area contributed by atoms with E-state index in [1.807, 2.05) is 35.2 Å². The number of carbonyl (C=O) groups is 1. The monoisotopic (exact) mass is 438 g/mol. The van der Waals surface area contributed by atoms with Crippen LogP contribution in [-0.2, 0) is 17.9 Å². The minimum absolute atomic E-state index is 0.188. The van der Waals surface area contributed by atoms with Crippen LogP contribution in [0.5, 0.6) is 5.75 Å². The molecule has 6 nitrogen and oxygen atoms in total. The predicted molar refractivity (Wildman–Crippen MR) is 127 cm³/mol. The molecular weight excluding hydrogens is 400 g/mol. The third kappa shape index (κ3) is 5.01. The molecule has 0 aliphatic carbocycles. The number of amides is 1. The quantitative estimate of drug-likeness (QED) is 0.658. The van der Waals surface area contributed by atoms with Crippen molar-refractivity contribution in [3.05, 3.63) is 47.3 Å². The van der Waals surface area contributed by atoms with E-state index in [1.54, 1.807) is 6.92 Å². The van der Waals surface area contributed by atoms with Crippen LogP contribution in [0.4, 0.5) is 0 Å². The van der Waals surface area contributed by atoms with Crippen LogP contribution in [-0.4, -0.2) is 58.3 Å². The fourth-order valence-electron chi connectivity index (χ4n) is 5.62. The molecule has 0 radical (unpaired) electrons. The van der Waals surface area contributed by atoms with E-state index in [9.17, 15) is 4.79 Å². The lowest BCUT2D eigenvalue weighted by Gasteiger charge is -2.36. The van der Waals surface area contributed by atoms with Gasteiger partial charge in [-0.25, -0.2) is 0 Å². The average Bonchev–Trinajstić information content (AvgIpc) is 3.35.